The first-order valence-corrected chi connectivity index (χ1v) is 9.05. The number of rotatable bonds is 3. The predicted molar refractivity (Wildman–Crippen MR) is 94.4 cm³/mol. The molecular formula is C20H17F6N2O2-. The zero-order chi connectivity index (χ0) is 22.1. The van der Waals surface area contributed by atoms with Crippen molar-refractivity contribution in [1.82, 2.24) is 4.90 Å². The highest BCUT2D eigenvalue weighted by Gasteiger charge is 2.38. The molecule has 1 aliphatic rings. The van der Waals surface area contributed by atoms with Crippen LogP contribution in [0.2, 0.25) is 0 Å². The molecule has 0 radical (unpaired) electrons. The number of carboxylic acid groups (broad SMARTS) is 1. The molecule has 1 aliphatic heterocycles. The van der Waals surface area contributed by atoms with Gasteiger partial charge in [0.1, 0.15) is 12.3 Å². The first-order chi connectivity index (χ1) is 14.0. The molecule has 2 unspecified atom stereocenters. The number of piperidine rings is 1. The fourth-order valence-corrected chi connectivity index (χ4v) is 3.64. The van der Waals surface area contributed by atoms with Crippen LogP contribution in [0.3, 0.4) is 0 Å². The van der Waals surface area contributed by atoms with Gasteiger partial charge in [0.25, 0.3) is 0 Å². The number of alkyl halides is 6. The number of carbonyl (C=O) groups is 1. The number of nitrogens with one attached hydrogen (secondary N) is 1. The van der Waals surface area contributed by atoms with E-state index in [0.29, 0.717) is 30.5 Å². The van der Waals surface area contributed by atoms with Crippen molar-refractivity contribution in [3.05, 3.63) is 65.2 Å². The van der Waals surface area contributed by atoms with Crippen LogP contribution >= 0.6 is 0 Å². The number of nitrogens with zero attached hydrogens (tertiary/aromatic N) is 1. The van der Waals surface area contributed by atoms with Crippen LogP contribution < -0.4 is 10.4 Å². The van der Waals surface area contributed by atoms with Gasteiger partial charge in [-0.25, -0.2) is 0 Å². The second-order valence-corrected chi connectivity index (χ2v) is 7.00. The Hall–Kier alpha value is -2.91. The van der Waals surface area contributed by atoms with Crippen molar-refractivity contribution in [2.24, 2.45) is 0 Å². The van der Waals surface area contributed by atoms with Crippen LogP contribution in [0.1, 0.15) is 35.4 Å². The van der Waals surface area contributed by atoms with Gasteiger partial charge in [0.05, 0.1) is 11.1 Å². The normalized spacial score (nSPS) is 20.1. The van der Waals surface area contributed by atoms with Gasteiger partial charge in [0.15, 0.2) is 0 Å². The molecular weight excluding hydrogens is 414 g/mol. The molecule has 1 amide bonds. The lowest BCUT2D eigenvalue weighted by molar-refractivity contribution is -0.269. The van der Waals surface area contributed by atoms with Gasteiger partial charge in [0.2, 0.25) is 0 Å². The van der Waals surface area contributed by atoms with Crippen LogP contribution in [-0.4, -0.2) is 23.7 Å². The van der Waals surface area contributed by atoms with E-state index in [2.05, 4.69) is 5.32 Å². The molecule has 3 rings (SSSR count). The SMILES string of the molecule is O=C([O-])N1CCCC(c2ccccc2)C1Nc1cc(C(F)(F)F)cc(C(F)(F)F)c1. The molecule has 0 aromatic heterocycles. The van der Waals surface area contributed by atoms with E-state index in [1.54, 1.807) is 30.3 Å². The Balaban J connectivity index is 2.04. The summed E-state index contributed by atoms with van der Waals surface area (Å²) in [5, 5.41) is 14.2. The molecule has 2 aromatic carbocycles. The quantitative estimate of drug-likeness (QED) is 0.718. The second-order valence-electron chi connectivity index (χ2n) is 7.00. The first-order valence-electron chi connectivity index (χ1n) is 9.05. The van der Waals surface area contributed by atoms with E-state index in [1.165, 1.54) is 0 Å². The molecule has 30 heavy (non-hydrogen) atoms. The number of likely N-dealkylation sites (tertiary alicyclic amines) is 1. The largest absolute Gasteiger partial charge is 0.530 e. The average Bonchev–Trinajstić information content (AvgIpc) is 2.67. The summed E-state index contributed by atoms with van der Waals surface area (Å²) in [6.07, 6.45) is -11.7. The maximum absolute atomic E-state index is 13.2. The summed E-state index contributed by atoms with van der Waals surface area (Å²) >= 11 is 0. The van der Waals surface area contributed by atoms with Gasteiger partial charge < -0.3 is 20.1 Å². The lowest BCUT2D eigenvalue weighted by Gasteiger charge is -2.44. The number of halogens is 6. The van der Waals surface area contributed by atoms with Crippen molar-refractivity contribution in [2.75, 3.05) is 11.9 Å². The van der Waals surface area contributed by atoms with Crippen LogP contribution in [0.4, 0.5) is 36.8 Å². The van der Waals surface area contributed by atoms with Gasteiger partial charge in [0, 0.05) is 18.2 Å². The monoisotopic (exact) mass is 431 g/mol. The summed E-state index contributed by atoms with van der Waals surface area (Å²) in [6, 6.07) is 9.74. The molecule has 1 saturated heterocycles. The fourth-order valence-electron chi connectivity index (χ4n) is 3.64. The number of hydrogen-bond donors (Lipinski definition) is 1. The Labute approximate surface area is 168 Å². The van der Waals surface area contributed by atoms with Gasteiger partial charge in [-0.15, -0.1) is 0 Å². The zero-order valence-corrected chi connectivity index (χ0v) is 15.4. The van der Waals surface area contributed by atoms with E-state index in [-0.39, 0.29) is 12.6 Å². The predicted octanol–water partition coefficient (Wildman–Crippen LogP) is 4.69. The van der Waals surface area contributed by atoms with Crippen LogP contribution in [-0.2, 0) is 12.4 Å². The van der Waals surface area contributed by atoms with Gasteiger partial charge in [-0.2, -0.15) is 26.3 Å². The van der Waals surface area contributed by atoms with E-state index in [9.17, 15) is 36.2 Å². The van der Waals surface area contributed by atoms with Crippen molar-refractivity contribution in [2.45, 2.75) is 37.3 Å². The third-order valence-corrected chi connectivity index (χ3v) is 5.00. The number of benzene rings is 2. The number of hydrogen-bond acceptors (Lipinski definition) is 3. The molecule has 0 bridgehead atoms. The van der Waals surface area contributed by atoms with Crippen molar-refractivity contribution in [3.63, 3.8) is 0 Å². The molecule has 10 heteroatoms. The summed E-state index contributed by atoms with van der Waals surface area (Å²) in [7, 11) is 0. The van der Waals surface area contributed by atoms with E-state index >= 15 is 0 Å². The lowest BCUT2D eigenvalue weighted by Crippen LogP contribution is -2.55. The van der Waals surface area contributed by atoms with Gasteiger partial charge >= 0.3 is 12.4 Å². The van der Waals surface area contributed by atoms with E-state index in [4.69, 9.17) is 0 Å². The number of anilines is 1. The Kier molecular flexibility index (Phi) is 5.87. The topological polar surface area (TPSA) is 55.4 Å². The van der Waals surface area contributed by atoms with Crippen LogP contribution in [0.5, 0.6) is 0 Å². The highest BCUT2D eigenvalue weighted by atomic mass is 19.4. The molecule has 1 heterocycles. The van der Waals surface area contributed by atoms with E-state index < -0.39 is 47.3 Å². The highest BCUT2D eigenvalue weighted by molar-refractivity contribution is 5.65. The summed E-state index contributed by atoms with van der Waals surface area (Å²) in [6.45, 7) is 0.0500. The summed E-state index contributed by atoms with van der Waals surface area (Å²) in [5.41, 5.74) is -2.72. The van der Waals surface area contributed by atoms with Crippen LogP contribution in [0.15, 0.2) is 48.5 Å². The molecule has 0 aliphatic carbocycles. The maximum atomic E-state index is 13.2. The third-order valence-electron chi connectivity index (χ3n) is 5.00. The van der Waals surface area contributed by atoms with Crippen molar-refractivity contribution < 1.29 is 36.2 Å². The van der Waals surface area contributed by atoms with Gasteiger partial charge in [-0.1, -0.05) is 30.3 Å². The fraction of sp³-hybridized carbons (Fsp3) is 0.350. The molecule has 0 spiro atoms. The van der Waals surface area contributed by atoms with Gasteiger partial charge in [-0.05, 0) is 36.6 Å². The van der Waals surface area contributed by atoms with Crippen molar-refractivity contribution in [1.29, 1.82) is 0 Å². The van der Waals surface area contributed by atoms with Crippen molar-refractivity contribution in [3.8, 4) is 0 Å². The second kappa shape index (κ2) is 8.08. The number of carbonyl (C=O) groups excluding carboxylic acids is 1. The third kappa shape index (κ3) is 4.80. The summed E-state index contributed by atoms with van der Waals surface area (Å²) in [4.78, 5) is 12.5. The molecule has 4 nitrogen and oxygen atoms in total. The molecule has 2 atom stereocenters. The maximum Gasteiger partial charge on any atom is 0.416 e. The standard InChI is InChI=1S/C20H18F6N2O2/c21-19(22,23)13-9-14(20(24,25)26)11-15(10-13)27-17-16(12-5-2-1-3-6-12)7-4-8-28(17)18(29)30/h1-3,5-6,9-11,16-17,27H,4,7-8H2,(H,29,30)/p-1. The Morgan fingerprint density at radius 1 is 0.967 bits per heavy atom. The van der Waals surface area contributed by atoms with E-state index in [1.807, 2.05) is 0 Å². The average molecular weight is 431 g/mol. The Morgan fingerprint density at radius 2 is 1.53 bits per heavy atom. The minimum absolute atomic E-state index is 0.0250. The summed E-state index contributed by atoms with van der Waals surface area (Å²) in [5.74, 6) is -0.485. The molecule has 162 valence electrons. The highest BCUT2D eigenvalue weighted by Crippen LogP contribution is 2.39. The molecule has 0 saturated carbocycles. The number of amides is 1. The first kappa shape index (κ1) is 21.8. The molecule has 1 fully saturated rings. The minimum atomic E-state index is -5.00. The Bertz CT molecular complexity index is 866. The van der Waals surface area contributed by atoms with Gasteiger partial charge in [-0.3, -0.25) is 0 Å². The van der Waals surface area contributed by atoms with E-state index in [0.717, 1.165) is 4.90 Å². The Morgan fingerprint density at radius 3 is 2.03 bits per heavy atom. The molecule has 2 aromatic rings. The minimum Gasteiger partial charge on any atom is -0.530 e. The van der Waals surface area contributed by atoms with Crippen molar-refractivity contribution >= 4 is 11.8 Å². The van der Waals surface area contributed by atoms with Crippen LogP contribution in [0, 0.1) is 0 Å². The smallest absolute Gasteiger partial charge is 0.416 e. The lowest BCUT2D eigenvalue weighted by atomic mass is 9.87. The molecule has 1 N–H and O–H groups in total. The zero-order valence-electron chi connectivity index (χ0n) is 15.4. The summed E-state index contributed by atoms with van der Waals surface area (Å²) < 4.78 is 78.9. The van der Waals surface area contributed by atoms with Crippen LogP contribution in [0.25, 0.3) is 0 Å².